The largest absolute Gasteiger partial charge is 0.464 e. The van der Waals surface area contributed by atoms with Gasteiger partial charge in [-0.3, -0.25) is 4.79 Å². The molecule has 1 atom stereocenters. The zero-order valence-electron chi connectivity index (χ0n) is 11.5. The summed E-state index contributed by atoms with van der Waals surface area (Å²) in [7, 11) is 1.57. The van der Waals surface area contributed by atoms with Gasteiger partial charge < -0.3 is 15.8 Å². The van der Waals surface area contributed by atoms with Crippen LogP contribution in [-0.4, -0.2) is 38.0 Å². The predicted molar refractivity (Wildman–Crippen MR) is 71.2 cm³/mol. The third kappa shape index (κ3) is 8.20. The highest BCUT2D eigenvalue weighted by molar-refractivity contribution is 6.01. The molecule has 0 rings (SSSR count). The number of Topliss-reactive ketones (excluding diaryl/α,β-unsaturated/α-hetero) is 1. The molecule has 106 valence electrons. The smallest absolute Gasteiger partial charge is 0.330 e. The number of unbranched alkanes of at least 4 members (excludes halogenated alkanes) is 5. The van der Waals surface area contributed by atoms with Gasteiger partial charge in [0.25, 0.3) is 0 Å². The number of carbonyl (C=O) groups excluding carboxylic acids is 2. The Balaban J connectivity index is 3.48. The number of rotatable bonds is 11. The van der Waals surface area contributed by atoms with E-state index in [4.69, 9.17) is 10.5 Å². The van der Waals surface area contributed by atoms with Gasteiger partial charge in [0, 0.05) is 0 Å². The molecule has 0 aromatic heterocycles. The summed E-state index contributed by atoms with van der Waals surface area (Å²) in [5, 5.41) is 2.64. The molecule has 5 heteroatoms. The average molecular weight is 258 g/mol. The summed E-state index contributed by atoms with van der Waals surface area (Å²) >= 11 is 0. The molecule has 0 bridgehead atoms. The van der Waals surface area contributed by atoms with Gasteiger partial charge in [-0.05, 0) is 33.4 Å². The van der Waals surface area contributed by atoms with Crippen LogP contribution < -0.4 is 11.1 Å². The highest BCUT2D eigenvalue weighted by Gasteiger charge is 2.22. The summed E-state index contributed by atoms with van der Waals surface area (Å²) in [6.45, 7) is 2.52. The molecule has 0 aliphatic heterocycles. The van der Waals surface area contributed by atoms with Crippen molar-refractivity contribution in [1.29, 1.82) is 0 Å². The molecule has 0 saturated carbocycles. The molecule has 0 spiro atoms. The molecule has 0 saturated heterocycles. The van der Waals surface area contributed by atoms with Crippen LogP contribution in [0.4, 0.5) is 0 Å². The van der Waals surface area contributed by atoms with Crippen LogP contribution in [-0.2, 0) is 14.3 Å². The maximum Gasteiger partial charge on any atom is 0.330 e. The zero-order chi connectivity index (χ0) is 13.8. The van der Waals surface area contributed by atoms with Crippen LogP contribution >= 0.6 is 0 Å². The lowest BCUT2D eigenvalue weighted by atomic mass is 10.1. The number of hydrogen-bond acceptors (Lipinski definition) is 5. The second-order valence-corrected chi connectivity index (χ2v) is 4.41. The van der Waals surface area contributed by atoms with Crippen LogP contribution in [0, 0.1) is 0 Å². The highest BCUT2D eigenvalue weighted by atomic mass is 16.5. The third-order valence-electron chi connectivity index (χ3n) is 2.77. The molecular weight excluding hydrogens is 232 g/mol. The third-order valence-corrected chi connectivity index (χ3v) is 2.77. The Kier molecular flexibility index (Phi) is 10.6. The topological polar surface area (TPSA) is 81.4 Å². The van der Waals surface area contributed by atoms with Gasteiger partial charge >= 0.3 is 5.97 Å². The lowest BCUT2D eigenvalue weighted by Crippen LogP contribution is -2.41. The van der Waals surface area contributed by atoms with Gasteiger partial charge in [-0.1, -0.05) is 25.7 Å². The molecule has 0 radical (unpaired) electrons. The monoisotopic (exact) mass is 258 g/mol. The molecule has 0 aliphatic carbocycles. The minimum absolute atomic E-state index is 0.218. The first-order chi connectivity index (χ1) is 8.63. The van der Waals surface area contributed by atoms with E-state index in [0.29, 0.717) is 6.61 Å². The minimum atomic E-state index is -0.824. The molecule has 5 nitrogen and oxygen atoms in total. The lowest BCUT2D eigenvalue weighted by molar-refractivity contribution is -0.148. The van der Waals surface area contributed by atoms with Crippen molar-refractivity contribution in [1.82, 2.24) is 5.32 Å². The van der Waals surface area contributed by atoms with Gasteiger partial charge in [0.15, 0.2) is 11.8 Å². The normalized spacial score (nSPS) is 12.2. The van der Waals surface area contributed by atoms with Crippen molar-refractivity contribution in [2.45, 2.75) is 51.5 Å². The fraction of sp³-hybridized carbons (Fsp3) is 0.846. The lowest BCUT2D eigenvalue weighted by Gasteiger charge is -2.11. The van der Waals surface area contributed by atoms with Crippen LogP contribution in [0.1, 0.15) is 45.4 Å². The van der Waals surface area contributed by atoms with Gasteiger partial charge in [0.2, 0.25) is 0 Å². The van der Waals surface area contributed by atoms with E-state index in [2.05, 4.69) is 5.32 Å². The first-order valence-corrected chi connectivity index (χ1v) is 6.68. The second kappa shape index (κ2) is 11.2. The second-order valence-electron chi connectivity index (χ2n) is 4.41. The number of likely N-dealkylation sites (N-methyl/N-ethyl adjacent to an activating group) is 1. The van der Waals surface area contributed by atoms with E-state index in [1.807, 2.05) is 0 Å². The maximum absolute atomic E-state index is 11.5. The summed E-state index contributed by atoms with van der Waals surface area (Å²) in [6.07, 6.45) is 6.46. The number of esters is 1. The fourth-order valence-electron chi connectivity index (χ4n) is 1.70. The van der Waals surface area contributed by atoms with Gasteiger partial charge in [-0.2, -0.15) is 0 Å². The van der Waals surface area contributed by atoms with Crippen LogP contribution in [0.25, 0.3) is 0 Å². The number of hydrogen-bond donors (Lipinski definition) is 2. The molecule has 18 heavy (non-hydrogen) atoms. The van der Waals surface area contributed by atoms with Gasteiger partial charge in [0.1, 0.15) is 0 Å². The van der Waals surface area contributed by atoms with E-state index in [1.165, 1.54) is 19.8 Å². The predicted octanol–water partition coefficient (Wildman–Crippen LogP) is 1.01. The summed E-state index contributed by atoms with van der Waals surface area (Å²) < 4.78 is 5.04. The van der Waals surface area contributed by atoms with Gasteiger partial charge in [0.05, 0.1) is 6.61 Å². The SMILES string of the molecule is CN[C@@H](C(C)=O)C(=O)OCCCCCCCCN. The van der Waals surface area contributed by atoms with Crippen LogP contribution in [0.3, 0.4) is 0 Å². The molecule has 0 fully saturated rings. The Bertz CT molecular complexity index is 244. The van der Waals surface area contributed by atoms with Crippen LogP contribution in [0.2, 0.25) is 0 Å². The van der Waals surface area contributed by atoms with Crippen molar-refractivity contribution >= 4 is 11.8 Å². The summed E-state index contributed by atoms with van der Waals surface area (Å²) in [5.41, 5.74) is 5.40. The Hall–Kier alpha value is -0.940. The van der Waals surface area contributed by atoms with E-state index in [-0.39, 0.29) is 5.78 Å². The Morgan fingerprint density at radius 3 is 2.17 bits per heavy atom. The first-order valence-electron chi connectivity index (χ1n) is 6.68. The summed E-state index contributed by atoms with van der Waals surface area (Å²) in [6, 6.07) is -0.824. The molecule has 0 aliphatic rings. The first kappa shape index (κ1) is 17.1. The van der Waals surface area contributed by atoms with Gasteiger partial charge in [-0.15, -0.1) is 0 Å². The van der Waals surface area contributed by atoms with Crippen molar-refractivity contribution in [2.24, 2.45) is 5.73 Å². The number of ether oxygens (including phenoxy) is 1. The maximum atomic E-state index is 11.5. The van der Waals surface area contributed by atoms with E-state index >= 15 is 0 Å². The van der Waals surface area contributed by atoms with Crippen molar-refractivity contribution in [3.63, 3.8) is 0 Å². The minimum Gasteiger partial charge on any atom is -0.464 e. The number of nitrogens with one attached hydrogen (secondary N) is 1. The molecule has 0 aromatic carbocycles. The average Bonchev–Trinajstić information content (AvgIpc) is 2.33. The molecular formula is C13H26N2O3. The molecule has 0 amide bonds. The summed E-state index contributed by atoms with van der Waals surface area (Å²) in [5.74, 6) is -0.697. The molecule has 0 unspecified atom stereocenters. The van der Waals surface area contributed by atoms with Crippen molar-refractivity contribution in [3.8, 4) is 0 Å². The van der Waals surface area contributed by atoms with Crippen LogP contribution in [0.15, 0.2) is 0 Å². The van der Waals surface area contributed by atoms with Gasteiger partial charge in [-0.25, -0.2) is 4.79 Å². The van der Waals surface area contributed by atoms with E-state index in [1.54, 1.807) is 7.05 Å². The highest BCUT2D eigenvalue weighted by Crippen LogP contribution is 2.05. The number of nitrogens with two attached hydrogens (primary N) is 1. The Morgan fingerprint density at radius 1 is 1.11 bits per heavy atom. The Morgan fingerprint density at radius 2 is 1.67 bits per heavy atom. The Labute approximate surface area is 109 Å². The number of ketones is 1. The quantitative estimate of drug-likeness (QED) is 0.328. The zero-order valence-corrected chi connectivity index (χ0v) is 11.5. The van der Waals surface area contributed by atoms with Crippen molar-refractivity contribution in [2.75, 3.05) is 20.2 Å². The standard InChI is InChI=1S/C13H26N2O3/c1-11(16)12(15-2)13(17)18-10-8-6-4-3-5-7-9-14/h12,15H,3-10,14H2,1-2H3/t12-/m0/s1. The van der Waals surface area contributed by atoms with Crippen molar-refractivity contribution in [3.05, 3.63) is 0 Å². The van der Waals surface area contributed by atoms with Crippen LogP contribution in [0.5, 0.6) is 0 Å². The fourth-order valence-corrected chi connectivity index (χ4v) is 1.70. The molecule has 0 aromatic rings. The summed E-state index contributed by atoms with van der Waals surface area (Å²) in [4.78, 5) is 22.5. The molecule has 3 N–H and O–H groups in total. The number of carbonyl (C=O) groups is 2. The van der Waals surface area contributed by atoms with Crippen molar-refractivity contribution < 1.29 is 14.3 Å². The van der Waals surface area contributed by atoms with E-state index < -0.39 is 12.0 Å². The van der Waals surface area contributed by atoms with E-state index in [0.717, 1.165) is 32.2 Å². The van der Waals surface area contributed by atoms with E-state index in [9.17, 15) is 9.59 Å². The molecule has 0 heterocycles.